The summed E-state index contributed by atoms with van der Waals surface area (Å²) in [5.74, 6) is 0.621. The van der Waals surface area contributed by atoms with E-state index >= 15 is 0 Å². The van der Waals surface area contributed by atoms with Gasteiger partial charge in [-0.3, -0.25) is 4.79 Å². The monoisotopic (exact) mass is 337 g/mol. The van der Waals surface area contributed by atoms with E-state index < -0.39 is 0 Å². The van der Waals surface area contributed by atoms with Crippen LogP contribution in [-0.2, 0) is 9.53 Å². The number of fused-ring (bicyclic) bond motifs is 1. The molecular formula is C18H19N5O2. The Kier molecular flexibility index (Phi) is 4.28. The maximum atomic E-state index is 10.6. The molecule has 1 saturated carbocycles. The van der Waals surface area contributed by atoms with Crippen LogP contribution in [0.3, 0.4) is 0 Å². The number of carbonyl (C=O) groups is 1. The highest BCUT2D eigenvalue weighted by Crippen LogP contribution is 2.28. The summed E-state index contributed by atoms with van der Waals surface area (Å²) < 4.78 is 5.12. The molecule has 7 nitrogen and oxygen atoms in total. The minimum atomic E-state index is 0.00153. The molecule has 1 aliphatic carbocycles. The van der Waals surface area contributed by atoms with E-state index in [-0.39, 0.29) is 12.1 Å². The largest absolute Gasteiger partial charge is 0.465 e. The van der Waals surface area contributed by atoms with Crippen molar-refractivity contribution >= 4 is 23.3 Å². The molecule has 0 amide bonds. The minimum absolute atomic E-state index is 0.00153. The molecule has 0 aliphatic heterocycles. The first kappa shape index (κ1) is 15.6. The third kappa shape index (κ3) is 3.05. The van der Waals surface area contributed by atoms with Gasteiger partial charge in [-0.05, 0) is 37.8 Å². The maximum absolute atomic E-state index is 10.6. The van der Waals surface area contributed by atoms with Gasteiger partial charge >= 0.3 is 0 Å². The zero-order valence-electron chi connectivity index (χ0n) is 13.7. The van der Waals surface area contributed by atoms with Gasteiger partial charge in [-0.2, -0.15) is 9.89 Å². The molecule has 0 bridgehead atoms. The second kappa shape index (κ2) is 6.88. The van der Waals surface area contributed by atoms with Gasteiger partial charge in [0.05, 0.1) is 17.8 Å². The number of benzene rings is 1. The Hall–Kier alpha value is -2.96. The summed E-state index contributed by atoms with van der Waals surface area (Å²) in [6, 6.07) is 10.1. The Morgan fingerprint density at radius 2 is 1.84 bits per heavy atom. The molecule has 128 valence electrons. The van der Waals surface area contributed by atoms with E-state index in [1.165, 1.54) is 0 Å². The van der Waals surface area contributed by atoms with Crippen LogP contribution in [0, 0.1) is 0 Å². The number of para-hydroxylation sites is 1. The third-order valence-corrected chi connectivity index (χ3v) is 4.66. The molecule has 1 aliphatic rings. The molecule has 1 fully saturated rings. The summed E-state index contributed by atoms with van der Waals surface area (Å²) in [6.07, 6.45) is 8.74. The lowest BCUT2D eigenvalue weighted by Crippen LogP contribution is -2.44. The van der Waals surface area contributed by atoms with Gasteiger partial charge in [0.15, 0.2) is 0 Å². The fourth-order valence-corrected chi connectivity index (χ4v) is 3.45. The number of ether oxygens (including phenoxy) is 1. The molecule has 0 atom stereocenters. The molecule has 0 N–H and O–H groups in total. The highest BCUT2D eigenvalue weighted by atomic mass is 16.5. The fourth-order valence-electron chi connectivity index (χ4n) is 3.45. The van der Waals surface area contributed by atoms with Crippen LogP contribution in [0.25, 0.3) is 10.9 Å². The molecule has 25 heavy (non-hydrogen) atoms. The second-order valence-electron chi connectivity index (χ2n) is 6.15. The van der Waals surface area contributed by atoms with Crippen LogP contribution in [-0.4, -0.2) is 38.5 Å². The van der Waals surface area contributed by atoms with E-state index in [2.05, 4.69) is 20.1 Å². The number of hydrogen-bond acceptors (Lipinski definition) is 6. The first-order valence-corrected chi connectivity index (χ1v) is 8.45. The van der Waals surface area contributed by atoms with Crippen LogP contribution in [0.2, 0.25) is 0 Å². The standard InChI is InChI=1S/C18H19N5O2/c24-13-25-16-8-6-15(7-9-16)22(18-19-10-3-11-20-18)23-17-5-2-1-4-14(17)12-21-23/h1-5,10-13,15-16H,6-9H2. The molecule has 2 aromatic heterocycles. The summed E-state index contributed by atoms with van der Waals surface area (Å²) in [5.41, 5.74) is 1.02. The average Bonchev–Trinajstić information content (AvgIpc) is 3.09. The summed E-state index contributed by atoms with van der Waals surface area (Å²) in [7, 11) is 0. The summed E-state index contributed by atoms with van der Waals surface area (Å²) in [6.45, 7) is 0.546. The number of anilines is 1. The van der Waals surface area contributed by atoms with Gasteiger partial charge in [-0.1, -0.05) is 18.2 Å². The number of nitrogens with zero attached hydrogens (tertiary/aromatic N) is 5. The van der Waals surface area contributed by atoms with Crippen LogP contribution in [0.4, 0.5) is 5.95 Å². The van der Waals surface area contributed by atoms with Crippen molar-refractivity contribution in [3.05, 3.63) is 48.9 Å². The van der Waals surface area contributed by atoms with Crippen molar-refractivity contribution in [3.8, 4) is 0 Å². The number of aromatic nitrogens is 4. The third-order valence-electron chi connectivity index (χ3n) is 4.66. The molecule has 3 aromatic rings. The van der Waals surface area contributed by atoms with Gasteiger partial charge in [0.25, 0.3) is 6.47 Å². The maximum Gasteiger partial charge on any atom is 0.293 e. The molecule has 0 radical (unpaired) electrons. The van der Waals surface area contributed by atoms with Gasteiger partial charge in [-0.15, -0.1) is 0 Å². The van der Waals surface area contributed by atoms with E-state index in [4.69, 9.17) is 4.74 Å². The molecular weight excluding hydrogens is 318 g/mol. The molecule has 0 saturated heterocycles. The Balaban J connectivity index is 1.70. The van der Waals surface area contributed by atoms with E-state index in [1.807, 2.05) is 35.3 Å². The molecule has 7 heteroatoms. The Bertz CT molecular complexity index is 843. The Morgan fingerprint density at radius 3 is 2.60 bits per heavy atom. The SMILES string of the molecule is O=COC1CCC(N(c2ncccn2)n2ncc3ccccc32)CC1. The quantitative estimate of drug-likeness (QED) is 0.666. The highest BCUT2D eigenvalue weighted by Gasteiger charge is 2.30. The van der Waals surface area contributed by atoms with E-state index in [0.717, 1.165) is 36.6 Å². The van der Waals surface area contributed by atoms with Crippen molar-refractivity contribution < 1.29 is 9.53 Å². The van der Waals surface area contributed by atoms with Crippen molar-refractivity contribution in [2.24, 2.45) is 0 Å². The van der Waals surface area contributed by atoms with Crippen molar-refractivity contribution in [1.82, 2.24) is 19.9 Å². The number of carbonyl (C=O) groups excluding carboxylic acids is 1. The lowest BCUT2D eigenvalue weighted by atomic mass is 9.92. The van der Waals surface area contributed by atoms with E-state index in [0.29, 0.717) is 12.4 Å². The van der Waals surface area contributed by atoms with Crippen LogP contribution in [0.15, 0.2) is 48.9 Å². The smallest absolute Gasteiger partial charge is 0.293 e. The minimum Gasteiger partial charge on any atom is -0.465 e. The zero-order chi connectivity index (χ0) is 17.1. The molecule has 0 spiro atoms. The highest BCUT2D eigenvalue weighted by molar-refractivity contribution is 5.79. The van der Waals surface area contributed by atoms with Crippen LogP contribution in [0.1, 0.15) is 25.7 Å². The van der Waals surface area contributed by atoms with E-state index in [9.17, 15) is 4.79 Å². The van der Waals surface area contributed by atoms with Crippen molar-refractivity contribution in [3.63, 3.8) is 0 Å². The Labute approximate surface area is 145 Å². The normalized spacial score (nSPS) is 20.3. The second-order valence-corrected chi connectivity index (χ2v) is 6.15. The molecule has 0 unspecified atom stereocenters. The van der Waals surface area contributed by atoms with Crippen LogP contribution in [0.5, 0.6) is 0 Å². The Morgan fingerprint density at radius 1 is 1.08 bits per heavy atom. The topological polar surface area (TPSA) is 73.1 Å². The van der Waals surface area contributed by atoms with Gasteiger partial charge in [0, 0.05) is 17.8 Å². The van der Waals surface area contributed by atoms with Crippen LogP contribution < -0.4 is 5.01 Å². The summed E-state index contributed by atoms with van der Waals surface area (Å²) in [5, 5.41) is 7.70. The first-order chi connectivity index (χ1) is 12.4. The van der Waals surface area contributed by atoms with Gasteiger partial charge < -0.3 is 4.74 Å². The average molecular weight is 337 g/mol. The first-order valence-electron chi connectivity index (χ1n) is 8.45. The van der Waals surface area contributed by atoms with Crippen molar-refractivity contribution in [2.75, 3.05) is 5.01 Å². The lowest BCUT2D eigenvalue weighted by molar-refractivity contribution is -0.135. The van der Waals surface area contributed by atoms with Crippen molar-refractivity contribution in [2.45, 2.75) is 37.8 Å². The molecule has 1 aromatic carbocycles. The van der Waals surface area contributed by atoms with Gasteiger partial charge in [-0.25, -0.2) is 15.0 Å². The van der Waals surface area contributed by atoms with Gasteiger partial charge in [0.1, 0.15) is 6.10 Å². The summed E-state index contributed by atoms with van der Waals surface area (Å²) >= 11 is 0. The fraction of sp³-hybridized carbons (Fsp3) is 0.333. The number of rotatable bonds is 5. The molecule has 4 rings (SSSR count). The van der Waals surface area contributed by atoms with Crippen molar-refractivity contribution in [1.29, 1.82) is 0 Å². The van der Waals surface area contributed by atoms with E-state index in [1.54, 1.807) is 18.5 Å². The predicted octanol–water partition coefficient (Wildman–Crippen LogP) is 2.58. The zero-order valence-corrected chi connectivity index (χ0v) is 13.7. The predicted molar refractivity (Wildman–Crippen MR) is 92.8 cm³/mol. The van der Waals surface area contributed by atoms with Gasteiger partial charge in [0.2, 0.25) is 5.95 Å². The lowest BCUT2D eigenvalue weighted by Gasteiger charge is -2.36. The molecule has 2 heterocycles. The van der Waals surface area contributed by atoms with Crippen LogP contribution >= 0.6 is 0 Å². The number of hydrogen-bond donors (Lipinski definition) is 0. The summed E-state index contributed by atoms with van der Waals surface area (Å²) in [4.78, 5) is 21.3.